The van der Waals surface area contributed by atoms with Crippen molar-refractivity contribution in [1.29, 1.82) is 0 Å². The molecule has 3 saturated carbocycles. The topological polar surface area (TPSA) is 315 Å². The smallest absolute Gasteiger partial charge is 0.340 e. The number of aliphatic hydroxyl groups is 6. The predicted octanol–water partition coefficient (Wildman–Crippen LogP) is -6.99. The van der Waals surface area contributed by atoms with Crippen LogP contribution in [0.15, 0.2) is 12.2 Å². The van der Waals surface area contributed by atoms with Crippen LogP contribution in [0.25, 0.3) is 0 Å². The predicted molar refractivity (Wildman–Crippen MR) is 196 cm³/mol. The molecular formula is C38H62N6O13+2. The zero-order valence-corrected chi connectivity index (χ0v) is 32.8. The van der Waals surface area contributed by atoms with Gasteiger partial charge in [-0.2, -0.15) is 0 Å². The number of hydrogen-bond acceptors (Lipinski definition) is 14. The highest BCUT2D eigenvalue weighted by atomic mass is 16.7. The average Bonchev–Trinajstić information content (AvgIpc) is 3.51. The summed E-state index contributed by atoms with van der Waals surface area (Å²) < 4.78 is 18.1. The minimum atomic E-state index is -2.31. The summed E-state index contributed by atoms with van der Waals surface area (Å²) in [5, 5.41) is 73.4. The summed E-state index contributed by atoms with van der Waals surface area (Å²) in [7, 11) is 3.04. The monoisotopic (exact) mass is 810 g/mol. The van der Waals surface area contributed by atoms with E-state index in [0.717, 1.165) is 17.1 Å². The first-order valence-corrected chi connectivity index (χ1v) is 20.2. The first kappa shape index (κ1) is 43.6. The van der Waals surface area contributed by atoms with E-state index in [1.807, 2.05) is 12.2 Å². The molecule has 0 radical (unpaired) electrons. The molecule has 6 rings (SSSR count). The maximum Gasteiger partial charge on any atom is 0.340 e. The van der Waals surface area contributed by atoms with Crippen molar-refractivity contribution < 1.29 is 74.3 Å². The molecule has 3 heterocycles. The van der Waals surface area contributed by atoms with Gasteiger partial charge in [0, 0.05) is 68.9 Å². The third-order valence-electron chi connectivity index (χ3n) is 14.1. The zero-order valence-electron chi connectivity index (χ0n) is 32.8. The SMILES string of the molecule is C[NH+]=C(N)NCC1C(C)CC2C(=O)C3C(CO)C(OC)CC(O[C@H]4O[C@H](CO)[C@](O)(C[C@H](CN5C(=O)C=CC5=O)C5CC[NH2+]C(N)C5)[C@H](O)[C@H]4O)C3C(=O)C2C1O. The quantitative estimate of drug-likeness (QED) is 0.0496. The van der Waals surface area contributed by atoms with Gasteiger partial charge in [0.2, 0.25) is 0 Å². The van der Waals surface area contributed by atoms with Gasteiger partial charge in [0.05, 0.1) is 56.9 Å². The highest BCUT2D eigenvalue weighted by molar-refractivity contribution is 6.12. The number of Topliss-reactive ketones (excluding diaryl/α,β-unsaturated/α-hetero) is 2. The molecule has 2 saturated heterocycles. The molecule has 19 heteroatoms. The van der Waals surface area contributed by atoms with E-state index in [1.54, 1.807) is 7.05 Å². The minimum absolute atomic E-state index is 0.0336. The van der Waals surface area contributed by atoms with Gasteiger partial charge in [-0.25, -0.2) is 0 Å². The number of rotatable bonds is 12. The zero-order chi connectivity index (χ0) is 41.5. The van der Waals surface area contributed by atoms with E-state index in [1.165, 1.54) is 7.11 Å². The van der Waals surface area contributed by atoms with Crippen LogP contribution < -0.4 is 27.1 Å². The van der Waals surface area contributed by atoms with Gasteiger partial charge in [0.15, 0.2) is 6.29 Å². The molecule has 5 fully saturated rings. The van der Waals surface area contributed by atoms with Crippen LogP contribution in [0.5, 0.6) is 0 Å². The van der Waals surface area contributed by atoms with Gasteiger partial charge < -0.3 is 50.2 Å². The second-order valence-electron chi connectivity index (χ2n) is 17.1. The minimum Gasteiger partial charge on any atom is -0.396 e. The van der Waals surface area contributed by atoms with Crippen molar-refractivity contribution in [1.82, 2.24) is 10.2 Å². The van der Waals surface area contributed by atoms with Crippen molar-refractivity contribution in [3.05, 3.63) is 12.2 Å². The molecule has 57 heavy (non-hydrogen) atoms. The summed E-state index contributed by atoms with van der Waals surface area (Å²) in [6.45, 7) is 1.36. The fourth-order valence-corrected chi connectivity index (χ4v) is 10.9. The highest BCUT2D eigenvalue weighted by Crippen LogP contribution is 2.52. The average molecular weight is 811 g/mol. The number of nitrogens with zero attached hydrogens (tertiary/aromatic N) is 1. The Bertz CT molecular complexity index is 1550. The molecule has 18 atom stereocenters. The maximum atomic E-state index is 14.7. The van der Waals surface area contributed by atoms with Crippen LogP contribution in [-0.4, -0.2) is 167 Å². The first-order valence-electron chi connectivity index (χ1n) is 20.2. The lowest BCUT2D eigenvalue weighted by atomic mass is 9.51. The van der Waals surface area contributed by atoms with E-state index >= 15 is 0 Å². The van der Waals surface area contributed by atoms with E-state index in [2.05, 4.69) is 10.3 Å². The van der Waals surface area contributed by atoms with Crippen molar-refractivity contribution in [2.45, 2.75) is 93.7 Å². The van der Waals surface area contributed by atoms with Crippen LogP contribution in [0.4, 0.5) is 0 Å². The Kier molecular flexibility index (Phi) is 13.6. The number of ether oxygens (including phenoxy) is 3. The summed E-state index contributed by atoms with van der Waals surface area (Å²) in [5.74, 6) is -7.91. The summed E-state index contributed by atoms with van der Waals surface area (Å²) in [5.41, 5.74) is 9.84. The Morgan fingerprint density at radius 2 is 1.72 bits per heavy atom. The van der Waals surface area contributed by atoms with Crippen LogP contribution in [0.2, 0.25) is 0 Å². The van der Waals surface area contributed by atoms with Gasteiger partial charge in [-0.15, -0.1) is 0 Å². The lowest BCUT2D eigenvalue weighted by molar-refractivity contribution is -0.699. The Hall–Kier alpha value is -2.95. The Morgan fingerprint density at radius 1 is 1.02 bits per heavy atom. The number of amides is 2. The van der Waals surface area contributed by atoms with Gasteiger partial charge in [-0.3, -0.25) is 45.9 Å². The molecule has 12 unspecified atom stereocenters. The number of nitrogens with two attached hydrogens (primary N) is 3. The molecule has 14 N–H and O–H groups in total. The first-order chi connectivity index (χ1) is 27.1. The number of hydrogen-bond donors (Lipinski definition) is 11. The molecule has 3 aliphatic heterocycles. The lowest BCUT2D eigenvalue weighted by Crippen LogP contribution is -2.94. The second kappa shape index (κ2) is 17.7. The second-order valence-corrected chi connectivity index (χ2v) is 17.1. The maximum absolute atomic E-state index is 14.7. The molecule has 0 aromatic heterocycles. The number of guanidine groups is 1. The molecule has 2 amide bonds. The Balaban J connectivity index is 1.26. The van der Waals surface area contributed by atoms with Crippen molar-refractivity contribution >= 4 is 29.3 Å². The number of quaternary nitrogens is 1. The van der Waals surface area contributed by atoms with Gasteiger partial charge in [-0.05, 0) is 37.0 Å². The largest absolute Gasteiger partial charge is 0.396 e. The number of methoxy groups -OCH3 is 1. The molecule has 0 aromatic carbocycles. The van der Waals surface area contributed by atoms with E-state index in [-0.39, 0.29) is 55.7 Å². The number of ketones is 2. The fourth-order valence-electron chi connectivity index (χ4n) is 10.9. The van der Waals surface area contributed by atoms with Crippen molar-refractivity contribution in [2.24, 2.45) is 64.7 Å². The van der Waals surface area contributed by atoms with E-state index < -0.39 is 121 Å². The van der Waals surface area contributed by atoms with E-state index in [0.29, 0.717) is 25.8 Å². The molecule has 0 aromatic rings. The fraction of sp³-hybridized carbons (Fsp3) is 0.816. The van der Waals surface area contributed by atoms with Crippen LogP contribution in [0.1, 0.15) is 39.0 Å². The normalized spacial score (nSPS) is 44.5. The number of nitrogens with one attached hydrogen (secondary N) is 2. The van der Waals surface area contributed by atoms with E-state index in [9.17, 15) is 49.8 Å². The lowest BCUT2D eigenvalue weighted by Gasteiger charge is -2.55. The number of aliphatic hydroxyl groups excluding tert-OH is 5. The van der Waals surface area contributed by atoms with Crippen LogP contribution in [0, 0.1) is 53.3 Å². The third kappa shape index (κ3) is 8.17. The number of imide groups is 1. The molecular weight excluding hydrogens is 748 g/mol. The highest BCUT2D eigenvalue weighted by Gasteiger charge is 2.64. The van der Waals surface area contributed by atoms with Crippen molar-refractivity contribution in [3.8, 4) is 0 Å². The van der Waals surface area contributed by atoms with Crippen molar-refractivity contribution in [3.63, 3.8) is 0 Å². The van der Waals surface area contributed by atoms with Gasteiger partial charge in [0.25, 0.3) is 11.8 Å². The van der Waals surface area contributed by atoms with Crippen LogP contribution in [0.3, 0.4) is 0 Å². The summed E-state index contributed by atoms with van der Waals surface area (Å²) >= 11 is 0. The molecule has 0 bridgehead atoms. The molecule has 0 spiro atoms. The van der Waals surface area contributed by atoms with Gasteiger partial charge >= 0.3 is 5.96 Å². The van der Waals surface area contributed by atoms with Crippen LogP contribution in [-0.2, 0) is 33.4 Å². The van der Waals surface area contributed by atoms with Crippen molar-refractivity contribution in [2.75, 3.05) is 47.0 Å². The number of carbonyl (C=O) groups is 4. The van der Waals surface area contributed by atoms with E-state index in [4.69, 9.17) is 25.7 Å². The number of fused-ring (bicyclic) bond motifs is 2. The van der Waals surface area contributed by atoms with Gasteiger partial charge in [0.1, 0.15) is 41.6 Å². The summed E-state index contributed by atoms with van der Waals surface area (Å²) in [6.07, 6.45) is -7.27. The third-order valence-corrected chi connectivity index (χ3v) is 14.1. The number of piperidine rings is 1. The van der Waals surface area contributed by atoms with Crippen LogP contribution >= 0.6 is 0 Å². The van der Waals surface area contributed by atoms with Gasteiger partial charge in [-0.1, -0.05) is 6.92 Å². The number of carbonyl (C=O) groups excluding carboxylic acids is 4. The molecule has 19 nitrogen and oxygen atoms in total. The molecule has 6 aliphatic rings. The summed E-state index contributed by atoms with van der Waals surface area (Å²) in [6, 6.07) is 0. The summed E-state index contributed by atoms with van der Waals surface area (Å²) in [4.78, 5) is 58.1. The molecule has 320 valence electrons. The molecule has 3 aliphatic carbocycles. The standard InChI is InChI=1S/C38H60N6O13/c1-16-8-19-29(32(50)20(16)12-43-37(40)41-2)33(51)30-23(10-22(55-3)21(14-45)28(30)31(19)49)56-36-34(52)35(53)38(54,24(15-46)57-36)11-18(17-6-7-42-25(39)9-17)13-44-26(47)4-5-27(44)48/h4-5,16-25,28-30,32,34-36,42,45-46,50,52-54H,6-15,39H2,1-3H3,(H3,40,41,43)/p+2/t16?,17?,18-,19?,20?,21?,22?,23?,24-,25?,28?,29?,30?,32?,34-,35-,36+,38-/m1/s1. The Labute approximate surface area is 331 Å². The Morgan fingerprint density at radius 3 is 2.33 bits per heavy atom.